The minimum Gasteiger partial charge on any atom is -0.284 e. The van der Waals surface area contributed by atoms with Gasteiger partial charge in [-0.1, -0.05) is 0 Å². The second-order valence-electron chi connectivity index (χ2n) is 2.49. The number of nitrogens with two attached hydrogens (primary N) is 1. The first-order chi connectivity index (χ1) is 6.64. The molecule has 2 N–H and O–H groups in total. The Hall–Kier alpha value is -0.930. The highest BCUT2D eigenvalue weighted by molar-refractivity contribution is 7.91. The molecule has 0 aliphatic carbocycles. The highest BCUT2D eigenvalue weighted by atomic mass is 32.2. The van der Waals surface area contributed by atoms with Gasteiger partial charge in [0.1, 0.15) is 4.21 Å². The fraction of sp³-hybridized carbons (Fsp3) is 0.167. The Balaban J connectivity index is 3.30. The van der Waals surface area contributed by atoms with Crippen LogP contribution in [0.25, 0.3) is 0 Å². The largest absolute Gasteiger partial charge is 0.454 e. The first-order valence-corrected chi connectivity index (χ1v) is 5.78. The van der Waals surface area contributed by atoms with Gasteiger partial charge in [-0.3, -0.25) is 4.79 Å². The lowest BCUT2D eigenvalue weighted by Crippen LogP contribution is -2.25. The van der Waals surface area contributed by atoms with Crippen molar-refractivity contribution in [3.05, 3.63) is 17.0 Å². The van der Waals surface area contributed by atoms with Crippen LogP contribution in [-0.4, -0.2) is 20.4 Å². The van der Waals surface area contributed by atoms with Crippen molar-refractivity contribution in [1.82, 2.24) is 0 Å². The van der Waals surface area contributed by atoms with Crippen molar-refractivity contribution in [2.45, 2.75) is 10.4 Å². The van der Waals surface area contributed by atoms with E-state index >= 15 is 0 Å². The van der Waals surface area contributed by atoms with Crippen molar-refractivity contribution in [3.8, 4) is 0 Å². The van der Waals surface area contributed by atoms with Gasteiger partial charge >= 0.3 is 6.18 Å². The number of ketones is 1. The van der Waals surface area contributed by atoms with E-state index in [9.17, 15) is 26.4 Å². The molecule has 1 rings (SSSR count). The van der Waals surface area contributed by atoms with E-state index < -0.39 is 31.8 Å². The molecule has 0 aliphatic rings. The number of halogens is 3. The highest BCUT2D eigenvalue weighted by Crippen LogP contribution is 2.28. The molecule has 0 atom stereocenters. The number of carbonyl (C=O) groups excluding carboxylic acids is 1. The van der Waals surface area contributed by atoms with Crippen LogP contribution in [0.5, 0.6) is 0 Å². The quantitative estimate of drug-likeness (QED) is 0.809. The third-order valence-electron chi connectivity index (χ3n) is 1.39. The molecule has 0 spiro atoms. The van der Waals surface area contributed by atoms with Crippen molar-refractivity contribution in [3.63, 3.8) is 0 Å². The zero-order valence-electron chi connectivity index (χ0n) is 6.91. The van der Waals surface area contributed by atoms with Gasteiger partial charge in [0.15, 0.2) is 0 Å². The fourth-order valence-corrected chi connectivity index (χ4v) is 2.62. The Bertz CT molecular complexity index is 488. The van der Waals surface area contributed by atoms with Gasteiger partial charge in [0.25, 0.3) is 5.78 Å². The summed E-state index contributed by atoms with van der Waals surface area (Å²) < 4.78 is 56.9. The standard InChI is InChI=1S/C6H4F3NO3S2/c7-6(8,9)4(11)3-1-2-14-5(3)15(10,12)13/h1-2H,(H2,10,12,13). The van der Waals surface area contributed by atoms with Crippen molar-refractivity contribution >= 4 is 27.1 Å². The van der Waals surface area contributed by atoms with Crippen LogP contribution in [-0.2, 0) is 10.0 Å². The molecule has 0 aliphatic heterocycles. The van der Waals surface area contributed by atoms with Gasteiger partial charge in [-0.2, -0.15) is 13.2 Å². The van der Waals surface area contributed by atoms with Crippen LogP contribution in [0.1, 0.15) is 10.4 Å². The van der Waals surface area contributed by atoms with E-state index in [1.54, 1.807) is 0 Å². The molecule has 9 heteroatoms. The Kier molecular flexibility index (Phi) is 2.90. The average molecular weight is 259 g/mol. The predicted octanol–water partition coefficient (Wildman–Crippen LogP) is 1.14. The molecule has 1 aromatic heterocycles. The average Bonchev–Trinajstić information content (AvgIpc) is 2.47. The van der Waals surface area contributed by atoms with Gasteiger partial charge in [-0.15, -0.1) is 11.3 Å². The van der Waals surface area contributed by atoms with E-state index in [1.165, 1.54) is 0 Å². The number of primary sulfonamides is 1. The molecule has 0 radical (unpaired) electrons. The number of alkyl halides is 3. The predicted molar refractivity (Wildman–Crippen MR) is 46.1 cm³/mol. The first-order valence-electron chi connectivity index (χ1n) is 3.36. The van der Waals surface area contributed by atoms with Gasteiger partial charge in [-0.05, 0) is 11.4 Å². The van der Waals surface area contributed by atoms with Crippen LogP contribution in [0.3, 0.4) is 0 Å². The molecule has 4 nitrogen and oxygen atoms in total. The normalized spacial score (nSPS) is 12.8. The topological polar surface area (TPSA) is 77.2 Å². The first kappa shape index (κ1) is 12.1. The molecular weight excluding hydrogens is 255 g/mol. The summed E-state index contributed by atoms with van der Waals surface area (Å²) in [5.41, 5.74) is -0.935. The maximum atomic E-state index is 12.0. The van der Waals surface area contributed by atoms with E-state index in [0.29, 0.717) is 11.3 Å². The molecule has 15 heavy (non-hydrogen) atoms. The van der Waals surface area contributed by atoms with Crippen LogP contribution >= 0.6 is 11.3 Å². The molecule has 0 amide bonds. The second kappa shape index (κ2) is 3.58. The fourth-order valence-electron chi connectivity index (χ4n) is 0.837. The lowest BCUT2D eigenvalue weighted by atomic mass is 10.2. The van der Waals surface area contributed by atoms with Gasteiger partial charge in [0.05, 0.1) is 5.56 Å². The van der Waals surface area contributed by atoms with Crippen LogP contribution in [0.4, 0.5) is 13.2 Å². The molecular formula is C6H4F3NO3S2. The van der Waals surface area contributed by atoms with Gasteiger partial charge in [0.2, 0.25) is 10.0 Å². The summed E-state index contributed by atoms with van der Waals surface area (Å²) in [6, 6.07) is 0.778. The minimum atomic E-state index is -5.11. The highest BCUT2D eigenvalue weighted by Gasteiger charge is 2.42. The van der Waals surface area contributed by atoms with E-state index in [2.05, 4.69) is 5.14 Å². The molecule has 0 bridgehead atoms. The Morgan fingerprint density at radius 3 is 2.33 bits per heavy atom. The monoisotopic (exact) mass is 259 g/mol. The lowest BCUT2D eigenvalue weighted by Gasteiger charge is -2.04. The minimum absolute atomic E-state index is 0.467. The maximum Gasteiger partial charge on any atom is 0.454 e. The zero-order valence-corrected chi connectivity index (χ0v) is 8.54. The van der Waals surface area contributed by atoms with E-state index in [1.807, 2.05) is 0 Å². The van der Waals surface area contributed by atoms with E-state index in [4.69, 9.17) is 0 Å². The van der Waals surface area contributed by atoms with E-state index in [0.717, 1.165) is 11.4 Å². The van der Waals surface area contributed by atoms with E-state index in [-0.39, 0.29) is 0 Å². The Labute approximate surface area is 86.6 Å². The molecule has 0 saturated heterocycles. The van der Waals surface area contributed by atoms with Crippen LogP contribution < -0.4 is 5.14 Å². The molecule has 0 saturated carbocycles. The van der Waals surface area contributed by atoms with Crippen LogP contribution in [0, 0.1) is 0 Å². The maximum absolute atomic E-state index is 12.0. The van der Waals surface area contributed by atoms with Crippen molar-refractivity contribution in [2.75, 3.05) is 0 Å². The summed E-state index contributed by atoms with van der Waals surface area (Å²) in [6.45, 7) is 0. The SMILES string of the molecule is NS(=O)(=O)c1sccc1C(=O)C(F)(F)F. The molecule has 0 unspecified atom stereocenters. The van der Waals surface area contributed by atoms with Crippen molar-refractivity contribution < 1.29 is 26.4 Å². The number of sulfonamides is 1. The summed E-state index contributed by atoms with van der Waals surface area (Å²) in [6.07, 6.45) is -5.11. The molecule has 0 fully saturated rings. The number of rotatable bonds is 2. The van der Waals surface area contributed by atoms with Gasteiger partial charge < -0.3 is 0 Å². The molecule has 84 valence electrons. The summed E-state index contributed by atoms with van der Waals surface area (Å²) >= 11 is 0.467. The van der Waals surface area contributed by atoms with Crippen molar-refractivity contribution in [2.24, 2.45) is 5.14 Å². The van der Waals surface area contributed by atoms with Crippen molar-refractivity contribution in [1.29, 1.82) is 0 Å². The number of Topliss-reactive ketones (excluding diaryl/α,β-unsaturated/α-hetero) is 1. The van der Waals surface area contributed by atoms with Crippen LogP contribution in [0.15, 0.2) is 15.7 Å². The summed E-state index contributed by atoms with van der Waals surface area (Å²) in [5.74, 6) is -2.22. The zero-order chi connectivity index (χ0) is 11.9. The summed E-state index contributed by atoms with van der Waals surface area (Å²) in [4.78, 5) is 10.8. The lowest BCUT2D eigenvalue weighted by molar-refractivity contribution is -0.0886. The number of thiophene rings is 1. The molecule has 1 aromatic rings. The van der Waals surface area contributed by atoms with Gasteiger partial charge in [0, 0.05) is 0 Å². The Morgan fingerprint density at radius 1 is 1.40 bits per heavy atom. The number of hydrogen-bond donors (Lipinski definition) is 1. The van der Waals surface area contributed by atoms with Crippen LogP contribution in [0.2, 0.25) is 0 Å². The molecule has 0 aromatic carbocycles. The molecule has 1 heterocycles. The summed E-state index contributed by atoms with van der Waals surface area (Å²) in [7, 11) is -4.30. The van der Waals surface area contributed by atoms with Gasteiger partial charge in [-0.25, -0.2) is 13.6 Å². The number of carbonyl (C=O) groups is 1. The number of hydrogen-bond acceptors (Lipinski definition) is 4. The Morgan fingerprint density at radius 2 is 1.93 bits per heavy atom. The third kappa shape index (κ3) is 2.55. The summed E-state index contributed by atoms with van der Waals surface area (Å²) in [5, 5.41) is 5.70. The smallest absolute Gasteiger partial charge is 0.284 e. The third-order valence-corrected chi connectivity index (χ3v) is 3.82. The second-order valence-corrected chi connectivity index (χ2v) is 5.17.